The van der Waals surface area contributed by atoms with E-state index in [9.17, 15) is 17.6 Å². The lowest BCUT2D eigenvalue weighted by molar-refractivity contribution is 0.104. The van der Waals surface area contributed by atoms with E-state index in [0.29, 0.717) is 40.5 Å². The van der Waals surface area contributed by atoms with Crippen molar-refractivity contribution in [2.45, 2.75) is 30.8 Å². The van der Waals surface area contributed by atoms with Crippen molar-refractivity contribution in [2.24, 2.45) is 0 Å². The van der Waals surface area contributed by atoms with Gasteiger partial charge in [-0.3, -0.25) is 14.3 Å². The van der Waals surface area contributed by atoms with Crippen molar-refractivity contribution in [2.75, 3.05) is 19.6 Å². The smallest absolute Gasteiger partial charge is 0.266 e. The molecule has 0 amide bonds. The molecule has 4 aromatic rings. The molecule has 5 rings (SSSR count). The fraction of sp³-hybridized carbons (Fsp3) is 0.259. The molecule has 7 nitrogen and oxygen atoms in total. The lowest BCUT2D eigenvalue weighted by Crippen LogP contribution is -2.54. The van der Waals surface area contributed by atoms with Gasteiger partial charge in [-0.1, -0.05) is 23.7 Å². The average Bonchev–Trinajstić information content (AvgIpc) is 2.89. The summed E-state index contributed by atoms with van der Waals surface area (Å²) in [5.74, 6) is 0.0772. The molecular weight excluding hydrogens is 515 g/mol. The molecule has 2 atom stereocenters. The number of rotatable bonds is 5. The van der Waals surface area contributed by atoms with Crippen LogP contribution in [0.4, 0.5) is 4.39 Å². The molecule has 10 heteroatoms. The third-order valence-electron chi connectivity index (χ3n) is 6.83. The van der Waals surface area contributed by atoms with Gasteiger partial charge in [0.1, 0.15) is 11.6 Å². The number of hydrogen-bond acceptors (Lipinski definition) is 5. The summed E-state index contributed by atoms with van der Waals surface area (Å²) in [5.41, 5.74) is 1.07. The van der Waals surface area contributed by atoms with Gasteiger partial charge in [-0.05, 0) is 74.5 Å². The largest absolute Gasteiger partial charge is 0.291 e. The van der Waals surface area contributed by atoms with E-state index >= 15 is 0 Å². The Bertz CT molecular complexity index is 1610. The van der Waals surface area contributed by atoms with Crippen LogP contribution < -0.4 is 5.56 Å². The predicted octanol–water partition coefficient (Wildman–Crippen LogP) is 4.63. The van der Waals surface area contributed by atoms with E-state index < -0.39 is 15.8 Å². The van der Waals surface area contributed by atoms with E-state index in [1.807, 2.05) is 32.0 Å². The molecule has 2 heterocycles. The molecule has 0 radical (unpaired) electrons. The highest BCUT2D eigenvalue weighted by Crippen LogP contribution is 2.28. The number of hydrogen-bond donors (Lipinski definition) is 0. The maximum Gasteiger partial charge on any atom is 0.266 e. The summed E-state index contributed by atoms with van der Waals surface area (Å²) in [5, 5.41) is 1.07. The number of halogens is 2. The van der Waals surface area contributed by atoms with Gasteiger partial charge in [0.15, 0.2) is 0 Å². The summed E-state index contributed by atoms with van der Waals surface area (Å²) in [4.78, 5) is 20.7. The first-order valence-corrected chi connectivity index (χ1v) is 13.8. The van der Waals surface area contributed by atoms with Crippen molar-refractivity contribution in [3.8, 4) is 5.69 Å². The van der Waals surface area contributed by atoms with Gasteiger partial charge in [0.05, 0.1) is 27.5 Å². The van der Waals surface area contributed by atoms with Crippen molar-refractivity contribution in [3.05, 3.63) is 99.8 Å². The highest BCUT2D eigenvalue weighted by Gasteiger charge is 2.36. The van der Waals surface area contributed by atoms with Crippen molar-refractivity contribution >= 4 is 32.5 Å². The van der Waals surface area contributed by atoms with Crippen molar-refractivity contribution < 1.29 is 12.8 Å². The molecule has 0 N–H and O–H groups in total. The molecular formula is C27H26ClFN4O3S. The number of nitrogens with zero attached hydrogens (tertiary/aromatic N) is 4. The summed E-state index contributed by atoms with van der Waals surface area (Å²) >= 11 is 6.09. The van der Waals surface area contributed by atoms with Crippen LogP contribution in [0.25, 0.3) is 16.6 Å². The van der Waals surface area contributed by atoms with Gasteiger partial charge in [-0.25, -0.2) is 17.8 Å². The van der Waals surface area contributed by atoms with Crippen LogP contribution in [0, 0.1) is 5.82 Å². The normalized spacial score (nSPS) is 18.2. The number of sulfonamides is 1. The van der Waals surface area contributed by atoms with Gasteiger partial charge in [0, 0.05) is 30.7 Å². The van der Waals surface area contributed by atoms with Gasteiger partial charge < -0.3 is 0 Å². The number of aromatic nitrogens is 2. The standard InChI is InChI=1S/C27H26ClFN4O3S/c1-18-17-31(15-16-32(18)37(35,36)23-13-9-21(29)10-14-23)19(2)26-30-25-6-4-3-5-24(25)27(34)33(26)22-11-7-20(28)8-12-22/h3-14,18-19H,15-17H2,1-2H3. The zero-order chi connectivity index (χ0) is 26.3. The second kappa shape index (κ2) is 9.98. The molecule has 1 aliphatic rings. The van der Waals surface area contributed by atoms with Crippen LogP contribution in [-0.2, 0) is 10.0 Å². The summed E-state index contributed by atoms with van der Waals surface area (Å²) in [6.45, 7) is 4.95. The van der Waals surface area contributed by atoms with Gasteiger partial charge in [0.25, 0.3) is 5.56 Å². The van der Waals surface area contributed by atoms with Crippen LogP contribution in [0.1, 0.15) is 25.7 Å². The summed E-state index contributed by atoms with van der Waals surface area (Å²) in [7, 11) is -3.78. The maximum absolute atomic E-state index is 13.6. The lowest BCUT2D eigenvalue weighted by Gasteiger charge is -2.41. The fourth-order valence-electron chi connectivity index (χ4n) is 4.85. The van der Waals surface area contributed by atoms with Gasteiger partial charge in [-0.2, -0.15) is 4.31 Å². The Labute approximate surface area is 219 Å². The highest BCUT2D eigenvalue weighted by atomic mass is 35.5. The average molecular weight is 541 g/mol. The fourth-order valence-corrected chi connectivity index (χ4v) is 6.59. The first-order valence-electron chi connectivity index (χ1n) is 12.0. The molecule has 0 aliphatic carbocycles. The second-order valence-electron chi connectivity index (χ2n) is 9.19. The van der Waals surface area contributed by atoms with Crippen LogP contribution in [0.15, 0.2) is 82.5 Å². The first kappa shape index (κ1) is 25.5. The van der Waals surface area contributed by atoms with Crippen molar-refractivity contribution in [1.29, 1.82) is 0 Å². The molecule has 192 valence electrons. The number of piperazine rings is 1. The van der Waals surface area contributed by atoms with E-state index in [0.717, 1.165) is 12.1 Å². The molecule has 2 unspecified atom stereocenters. The third-order valence-corrected chi connectivity index (χ3v) is 9.11. The molecule has 1 aromatic heterocycles. The Kier molecular flexibility index (Phi) is 6.89. The van der Waals surface area contributed by atoms with Crippen molar-refractivity contribution in [1.82, 2.24) is 18.8 Å². The van der Waals surface area contributed by atoms with Gasteiger partial charge in [-0.15, -0.1) is 0 Å². The minimum Gasteiger partial charge on any atom is -0.291 e. The van der Waals surface area contributed by atoms with Crippen LogP contribution in [-0.4, -0.2) is 52.9 Å². The van der Waals surface area contributed by atoms with Gasteiger partial charge >= 0.3 is 0 Å². The molecule has 3 aromatic carbocycles. The number of benzene rings is 3. The molecule has 1 fully saturated rings. The Morgan fingerprint density at radius 3 is 2.35 bits per heavy atom. The minimum absolute atomic E-state index is 0.0648. The number of fused-ring (bicyclic) bond motifs is 1. The predicted molar refractivity (Wildman–Crippen MR) is 142 cm³/mol. The minimum atomic E-state index is -3.78. The summed E-state index contributed by atoms with van der Waals surface area (Å²) < 4.78 is 42.9. The van der Waals surface area contributed by atoms with E-state index in [1.54, 1.807) is 34.9 Å². The van der Waals surface area contributed by atoms with Crippen LogP contribution in [0.3, 0.4) is 0 Å². The zero-order valence-corrected chi connectivity index (χ0v) is 22.0. The Morgan fingerprint density at radius 1 is 1.00 bits per heavy atom. The van der Waals surface area contributed by atoms with E-state index in [1.165, 1.54) is 16.4 Å². The molecule has 1 aliphatic heterocycles. The summed E-state index contributed by atoms with van der Waals surface area (Å²) in [6.07, 6.45) is 0. The van der Waals surface area contributed by atoms with E-state index in [4.69, 9.17) is 16.6 Å². The maximum atomic E-state index is 13.6. The van der Waals surface area contributed by atoms with E-state index in [-0.39, 0.29) is 29.1 Å². The Balaban J connectivity index is 1.49. The summed E-state index contributed by atoms with van der Waals surface area (Å²) in [6, 6.07) is 18.5. The topological polar surface area (TPSA) is 75.5 Å². The first-order chi connectivity index (χ1) is 17.7. The number of para-hydroxylation sites is 1. The Hall–Kier alpha value is -3.11. The van der Waals surface area contributed by atoms with Crippen LogP contribution in [0.5, 0.6) is 0 Å². The molecule has 1 saturated heterocycles. The molecule has 0 bridgehead atoms. The van der Waals surface area contributed by atoms with Gasteiger partial charge in [0.2, 0.25) is 10.0 Å². The molecule has 37 heavy (non-hydrogen) atoms. The van der Waals surface area contributed by atoms with Crippen molar-refractivity contribution in [3.63, 3.8) is 0 Å². The second-order valence-corrected chi connectivity index (χ2v) is 11.5. The Morgan fingerprint density at radius 2 is 1.68 bits per heavy atom. The molecule has 0 spiro atoms. The molecule has 0 saturated carbocycles. The third kappa shape index (κ3) is 4.80. The SMILES string of the molecule is CC(c1nc2ccccc2c(=O)n1-c1ccc(Cl)cc1)N1CCN(S(=O)(=O)c2ccc(F)cc2)C(C)C1. The quantitative estimate of drug-likeness (QED) is 0.369. The highest BCUT2D eigenvalue weighted by molar-refractivity contribution is 7.89. The zero-order valence-electron chi connectivity index (χ0n) is 20.4. The van der Waals surface area contributed by atoms with E-state index in [2.05, 4.69) is 4.90 Å². The monoisotopic (exact) mass is 540 g/mol. The van der Waals surface area contributed by atoms with Crippen LogP contribution >= 0.6 is 11.6 Å². The van der Waals surface area contributed by atoms with Crippen LogP contribution in [0.2, 0.25) is 5.02 Å². The lowest BCUT2D eigenvalue weighted by atomic mass is 10.1.